The van der Waals surface area contributed by atoms with Crippen LogP contribution in [0.4, 0.5) is 0 Å². The van der Waals surface area contributed by atoms with Gasteiger partial charge in [0.1, 0.15) is 5.75 Å². The molecular formula is C13H18ClNO3. The normalized spacial score (nSPS) is 14.0. The minimum Gasteiger partial charge on any atom is -0.479 e. The third-order valence-corrected chi connectivity index (χ3v) is 3.07. The minimum absolute atomic E-state index is 0.0209. The second-order valence-corrected chi connectivity index (χ2v) is 4.59. The first kappa shape index (κ1) is 14.8. The van der Waals surface area contributed by atoms with Crippen LogP contribution < -0.4 is 10.5 Å². The van der Waals surface area contributed by atoms with Gasteiger partial charge in [0.25, 0.3) is 0 Å². The Bertz CT molecular complexity index is 423. The van der Waals surface area contributed by atoms with Crippen molar-refractivity contribution in [1.29, 1.82) is 0 Å². The Hall–Kier alpha value is -1.26. The van der Waals surface area contributed by atoms with Crippen LogP contribution in [0.15, 0.2) is 18.2 Å². The standard InChI is InChI=1S/C13H18ClNO3/c1-3-9(15)7-10-11(14)5-4-6-12(10)18-8(2)13(16)17/h4-6,8-9H,3,7,15H2,1-2H3,(H,16,17). The number of aliphatic carboxylic acids is 1. The SMILES string of the molecule is CCC(N)Cc1c(Cl)cccc1OC(C)C(=O)O. The molecule has 3 N–H and O–H groups in total. The molecule has 0 aliphatic carbocycles. The van der Waals surface area contributed by atoms with E-state index in [-0.39, 0.29) is 6.04 Å². The molecule has 0 spiro atoms. The second-order valence-electron chi connectivity index (χ2n) is 4.19. The van der Waals surface area contributed by atoms with Crippen LogP contribution in [0.1, 0.15) is 25.8 Å². The first-order valence-electron chi connectivity index (χ1n) is 5.88. The molecular weight excluding hydrogens is 254 g/mol. The molecule has 0 radical (unpaired) electrons. The summed E-state index contributed by atoms with van der Waals surface area (Å²) in [5.41, 5.74) is 6.67. The Kier molecular flexibility index (Phi) is 5.44. The predicted octanol–water partition coefficient (Wildman–Crippen LogP) is 2.47. The number of hydrogen-bond donors (Lipinski definition) is 2. The maximum absolute atomic E-state index is 10.8. The van der Waals surface area contributed by atoms with Gasteiger partial charge in [-0.2, -0.15) is 0 Å². The number of halogens is 1. The lowest BCUT2D eigenvalue weighted by Crippen LogP contribution is -2.25. The van der Waals surface area contributed by atoms with Gasteiger partial charge in [0.05, 0.1) is 0 Å². The zero-order chi connectivity index (χ0) is 13.7. The van der Waals surface area contributed by atoms with Crippen LogP contribution in [-0.4, -0.2) is 23.2 Å². The number of carbonyl (C=O) groups is 1. The molecule has 4 nitrogen and oxygen atoms in total. The topological polar surface area (TPSA) is 72.5 Å². The van der Waals surface area contributed by atoms with Gasteiger partial charge in [0, 0.05) is 16.6 Å². The molecule has 1 rings (SSSR count). The van der Waals surface area contributed by atoms with Gasteiger partial charge in [-0.25, -0.2) is 4.79 Å². The quantitative estimate of drug-likeness (QED) is 0.834. The summed E-state index contributed by atoms with van der Waals surface area (Å²) in [6, 6.07) is 5.17. The van der Waals surface area contributed by atoms with Gasteiger partial charge in [-0.05, 0) is 31.9 Å². The van der Waals surface area contributed by atoms with Crippen LogP contribution in [0.5, 0.6) is 5.75 Å². The lowest BCUT2D eigenvalue weighted by Gasteiger charge is -2.17. The van der Waals surface area contributed by atoms with E-state index in [2.05, 4.69) is 0 Å². The highest BCUT2D eigenvalue weighted by atomic mass is 35.5. The summed E-state index contributed by atoms with van der Waals surface area (Å²) in [4.78, 5) is 10.8. The summed E-state index contributed by atoms with van der Waals surface area (Å²) < 4.78 is 5.39. The number of nitrogens with two attached hydrogens (primary N) is 1. The highest BCUT2D eigenvalue weighted by molar-refractivity contribution is 6.31. The maximum atomic E-state index is 10.8. The Labute approximate surface area is 112 Å². The summed E-state index contributed by atoms with van der Waals surface area (Å²) in [5, 5.41) is 9.40. The van der Waals surface area contributed by atoms with Crippen LogP contribution in [0.25, 0.3) is 0 Å². The Morgan fingerprint density at radius 2 is 2.22 bits per heavy atom. The zero-order valence-electron chi connectivity index (χ0n) is 10.5. The summed E-state index contributed by atoms with van der Waals surface area (Å²) in [7, 11) is 0. The van der Waals surface area contributed by atoms with Gasteiger partial charge in [-0.1, -0.05) is 24.6 Å². The predicted molar refractivity (Wildman–Crippen MR) is 71.1 cm³/mol. The molecule has 0 heterocycles. The monoisotopic (exact) mass is 271 g/mol. The van der Waals surface area contributed by atoms with Gasteiger partial charge in [0.15, 0.2) is 6.10 Å². The largest absolute Gasteiger partial charge is 0.479 e. The van der Waals surface area contributed by atoms with Crippen LogP contribution in [0.2, 0.25) is 5.02 Å². The van der Waals surface area contributed by atoms with E-state index < -0.39 is 12.1 Å². The Balaban J connectivity index is 2.96. The number of rotatable bonds is 6. The van der Waals surface area contributed by atoms with Crippen molar-refractivity contribution in [2.24, 2.45) is 5.73 Å². The molecule has 2 unspecified atom stereocenters. The molecule has 1 aromatic rings. The van der Waals surface area contributed by atoms with E-state index in [1.54, 1.807) is 18.2 Å². The molecule has 0 saturated carbocycles. The molecule has 5 heteroatoms. The van der Waals surface area contributed by atoms with Crippen molar-refractivity contribution in [3.8, 4) is 5.75 Å². The molecule has 0 fully saturated rings. The highest BCUT2D eigenvalue weighted by Gasteiger charge is 2.17. The van der Waals surface area contributed by atoms with Gasteiger partial charge >= 0.3 is 5.97 Å². The van der Waals surface area contributed by atoms with E-state index in [1.165, 1.54) is 6.92 Å². The second kappa shape index (κ2) is 6.61. The molecule has 0 aromatic heterocycles. The summed E-state index contributed by atoms with van der Waals surface area (Å²) in [6.45, 7) is 3.47. The van der Waals surface area contributed by atoms with E-state index in [9.17, 15) is 4.79 Å². The fourth-order valence-corrected chi connectivity index (χ4v) is 1.74. The van der Waals surface area contributed by atoms with Crippen LogP contribution in [0, 0.1) is 0 Å². The molecule has 100 valence electrons. The van der Waals surface area contributed by atoms with Gasteiger partial charge in [-0.15, -0.1) is 0 Å². The molecule has 0 saturated heterocycles. The lowest BCUT2D eigenvalue weighted by molar-refractivity contribution is -0.144. The summed E-state index contributed by atoms with van der Waals surface area (Å²) in [6.07, 6.45) is 0.469. The molecule has 0 amide bonds. The number of benzene rings is 1. The lowest BCUT2D eigenvalue weighted by atomic mass is 10.0. The molecule has 0 bridgehead atoms. The third-order valence-electron chi connectivity index (χ3n) is 2.72. The van der Waals surface area contributed by atoms with Crippen molar-refractivity contribution in [3.63, 3.8) is 0 Å². The smallest absolute Gasteiger partial charge is 0.344 e. The fourth-order valence-electron chi connectivity index (χ4n) is 1.49. The van der Waals surface area contributed by atoms with Crippen molar-refractivity contribution in [2.45, 2.75) is 38.8 Å². The van der Waals surface area contributed by atoms with E-state index in [1.807, 2.05) is 6.92 Å². The van der Waals surface area contributed by atoms with Crippen molar-refractivity contribution < 1.29 is 14.6 Å². The maximum Gasteiger partial charge on any atom is 0.344 e. The van der Waals surface area contributed by atoms with E-state index in [0.717, 1.165) is 12.0 Å². The van der Waals surface area contributed by atoms with Gasteiger partial charge in [0.2, 0.25) is 0 Å². The zero-order valence-corrected chi connectivity index (χ0v) is 11.3. The molecule has 1 aromatic carbocycles. The first-order valence-corrected chi connectivity index (χ1v) is 6.26. The van der Waals surface area contributed by atoms with Crippen molar-refractivity contribution in [2.75, 3.05) is 0 Å². The minimum atomic E-state index is -1.01. The van der Waals surface area contributed by atoms with E-state index in [0.29, 0.717) is 17.2 Å². The summed E-state index contributed by atoms with van der Waals surface area (Å²) in [5.74, 6) is -0.526. The average molecular weight is 272 g/mol. The summed E-state index contributed by atoms with van der Waals surface area (Å²) >= 11 is 6.11. The van der Waals surface area contributed by atoms with E-state index in [4.69, 9.17) is 27.2 Å². The number of carboxylic acid groups (broad SMARTS) is 1. The number of hydrogen-bond acceptors (Lipinski definition) is 3. The number of ether oxygens (including phenoxy) is 1. The Morgan fingerprint density at radius 3 is 2.78 bits per heavy atom. The molecule has 18 heavy (non-hydrogen) atoms. The van der Waals surface area contributed by atoms with Crippen LogP contribution in [0.3, 0.4) is 0 Å². The van der Waals surface area contributed by atoms with Gasteiger partial charge < -0.3 is 15.6 Å². The fraction of sp³-hybridized carbons (Fsp3) is 0.462. The van der Waals surface area contributed by atoms with Crippen LogP contribution in [-0.2, 0) is 11.2 Å². The molecule has 0 aliphatic rings. The van der Waals surface area contributed by atoms with Crippen LogP contribution >= 0.6 is 11.6 Å². The molecule has 2 atom stereocenters. The van der Waals surface area contributed by atoms with E-state index >= 15 is 0 Å². The first-order chi connectivity index (χ1) is 8.45. The highest BCUT2D eigenvalue weighted by Crippen LogP contribution is 2.28. The van der Waals surface area contributed by atoms with Crippen molar-refractivity contribution in [3.05, 3.63) is 28.8 Å². The Morgan fingerprint density at radius 1 is 1.56 bits per heavy atom. The average Bonchev–Trinajstić information content (AvgIpc) is 2.33. The third kappa shape index (κ3) is 3.89. The van der Waals surface area contributed by atoms with Crippen molar-refractivity contribution in [1.82, 2.24) is 0 Å². The number of carboxylic acids is 1. The molecule has 0 aliphatic heterocycles. The van der Waals surface area contributed by atoms with Crippen molar-refractivity contribution >= 4 is 17.6 Å². The van der Waals surface area contributed by atoms with Gasteiger partial charge in [-0.3, -0.25) is 0 Å².